The molecule has 1 aliphatic heterocycles. The van der Waals surface area contributed by atoms with Gasteiger partial charge in [0.2, 0.25) is 5.91 Å². The van der Waals surface area contributed by atoms with Gasteiger partial charge in [-0.1, -0.05) is 12.1 Å². The normalized spacial score (nSPS) is 13.7. The summed E-state index contributed by atoms with van der Waals surface area (Å²) in [7, 11) is 0. The van der Waals surface area contributed by atoms with Crippen molar-refractivity contribution in [3.63, 3.8) is 0 Å². The van der Waals surface area contributed by atoms with Crippen LogP contribution in [-0.2, 0) is 11.3 Å². The summed E-state index contributed by atoms with van der Waals surface area (Å²) in [5.41, 5.74) is 3.59. The quantitative estimate of drug-likeness (QED) is 0.809. The Labute approximate surface area is 161 Å². The summed E-state index contributed by atoms with van der Waals surface area (Å²) in [4.78, 5) is 28.3. The highest BCUT2D eigenvalue weighted by Gasteiger charge is 2.20. The van der Waals surface area contributed by atoms with Gasteiger partial charge in [-0.05, 0) is 62.2 Å². The van der Waals surface area contributed by atoms with Crippen molar-refractivity contribution in [2.24, 2.45) is 0 Å². The fraction of sp³-hybridized carbons (Fsp3) is 0.364. The molecule has 0 spiro atoms. The number of anilines is 2. The van der Waals surface area contributed by atoms with E-state index in [9.17, 15) is 9.59 Å². The Hall–Kier alpha value is -2.82. The van der Waals surface area contributed by atoms with E-state index in [4.69, 9.17) is 0 Å². The monoisotopic (exact) mass is 365 g/mol. The second kappa shape index (κ2) is 8.71. The van der Waals surface area contributed by atoms with Gasteiger partial charge in [0.1, 0.15) is 0 Å². The molecule has 0 bridgehead atoms. The molecule has 0 radical (unpaired) electrons. The Morgan fingerprint density at radius 2 is 1.70 bits per heavy atom. The van der Waals surface area contributed by atoms with Crippen LogP contribution in [0.15, 0.2) is 48.5 Å². The van der Waals surface area contributed by atoms with Crippen molar-refractivity contribution in [2.75, 3.05) is 29.9 Å². The van der Waals surface area contributed by atoms with Gasteiger partial charge in [-0.2, -0.15) is 0 Å². The number of hydrogen-bond acceptors (Lipinski definition) is 3. The van der Waals surface area contributed by atoms with E-state index in [-0.39, 0.29) is 11.8 Å². The van der Waals surface area contributed by atoms with E-state index in [1.165, 1.54) is 0 Å². The van der Waals surface area contributed by atoms with Gasteiger partial charge >= 0.3 is 0 Å². The van der Waals surface area contributed by atoms with Gasteiger partial charge in [0.05, 0.1) is 0 Å². The number of likely N-dealkylation sites (tertiary alicyclic amines) is 1. The molecule has 1 N–H and O–H groups in total. The van der Waals surface area contributed by atoms with Gasteiger partial charge in [0.15, 0.2) is 0 Å². The first-order valence-electron chi connectivity index (χ1n) is 9.63. The summed E-state index contributed by atoms with van der Waals surface area (Å²) in [5, 5.41) is 2.94. The molecule has 0 aromatic heterocycles. The Bertz CT molecular complexity index is 780. The van der Waals surface area contributed by atoms with Crippen LogP contribution in [0.25, 0.3) is 0 Å². The van der Waals surface area contributed by atoms with E-state index in [1.54, 1.807) is 0 Å². The molecule has 2 aromatic rings. The molecule has 0 unspecified atom stereocenters. The average molecular weight is 365 g/mol. The summed E-state index contributed by atoms with van der Waals surface area (Å²) in [5.74, 6) is 0.0827. The highest BCUT2D eigenvalue weighted by Crippen LogP contribution is 2.19. The average Bonchev–Trinajstić information content (AvgIpc) is 3.09. The van der Waals surface area contributed by atoms with Crippen LogP contribution in [-0.4, -0.2) is 36.3 Å². The van der Waals surface area contributed by atoms with Gasteiger partial charge in [-0.25, -0.2) is 0 Å². The molecule has 2 amide bonds. The van der Waals surface area contributed by atoms with Crippen LogP contribution < -0.4 is 10.2 Å². The first-order valence-corrected chi connectivity index (χ1v) is 9.63. The zero-order chi connectivity index (χ0) is 19.2. The molecule has 0 saturated carbocycles. The van der Waals surface area contributed by atoms with Crippen molar-refractivity contribution >= 4 is 23.2 Å². The van der Waals surface area contributed by atoms with E-state index >= 15 is 0 Å². The third-order valence-electron chi connectivity index (χ3n) is 5.01. The Kier molecular flexibility index (Phi) is 6.12. The van der Waals surface area contributed by atoms with Crippen molar-refractivity contribution in [1.29, 1.82) is 0 Å². The third-order valence-corrected chi connectivity index (χ3v) is 5.01. The van der Waals surface area contributed by atoms with Crippen LogP contribution in [0.1, 0.15) is 42.6 Å². The van der Waals surface area contributed by atoms with Crippen LogP contribution in [0.2, 0.25) is 0 Å². The SMILES string of the molecule is CCN(CC)c1ccc(NC(=O)c2ccc(CN3CCCC3=O)cc2)cc1. The van der Waals surface area contributed by atoms with Crippen LogP contribution in [0.5, 0.6) is 0 Å². The highest BCUT2D eigenvalue weighted by molar-refractivity contribution is 6.04. The predicted molar refractivity (Wildman–Crippen MR) is 109 cm³/mol. The second-order valence-electron chi connectivity index (χ2n) is 6.79. The minimum absolute atomic E-state index is 0.130. The van der Waals surface area contributed by atoms with E-state index in [2.05, 4.69) is 24.1 Å². The number of nitrogens with one attached hydrogen (secondary N) is 1. The molecule has 1 aliphatic rings. The van der Waals surface area contributed by atoms with Crippen molar-refractivity contribution in [2.45, 2.75) is 33.2 Å². The minimum Gasteiger partial charge on any atom is -0.372 e. The number of rotatable bonds is 7. The Morgan fingerprint density at radius 3 is 2.26 bits per heavy atom. The molecule has 0 atom stereocenters. The van der Waals surface area contributed by atoms with Crippen LogP contribution in [0, 0.1) is 0 Å². The lowest BCUT2D eigenvalue weighted by molar-refractivity contribution is -0.128. The maximum Gasteiger partial charge on any atom is 0.255 e. The number of benzene rings is 2. The molecule has 0 aliphatic carbocycles. The molecule has 1 saturated heterocycles. The third kappa shape index (κ3) is 4.67. The summed E-state index contributed by atoms with van der Waals surface area (Å²) >= 11 is 0. The van der Waals surface area contributed by atoms with Gasteiger partial charge in [-0.3, -0.25) is 9.59 Å². The number of hydrogen-bond donors (Lipinski definition) is 1. The van der Waals surface area contributed by atoms with Crippen molar-refractivity contribution in [1.82, 2.24) is 4.90 Å². The van der Waals surface area contributed by atoms with Crippen LogP contribution in [0.4, 0.5) is 11.4 Å². The zero-order valence-corrected chi connectivity index (χ0v) is 16.1. The van der Waals surface area contributed by atoms with Gasteiger partial charge in [-0.15, -0.1) is 0 Å². The number of amides is 2. The largest absolute Gasteiger partial charge is 0.372 e. The molecule has 1 heterocycles. The Balaban J connectivity index is 1.60. The zero-order valence-electron chi connectivity index (χ0n) is 16.1. The summed E-state index contributed by atoms with van der Waals surface area (Å²) in [6.45, 7) is 7.61. The predicted octanol–water partition coefficient (Wildman–Crippen LogP) is 3.91. The van der Waals surface area contributed by atoms with E-state index in [1.807, 2.05) is 53.4 Å². The highest BCUT2D eigenvalue weighted by atomic mass is 16.2. The van der Waals surface area contributed by atoms with Gasteiger partial charge in [0.25, 0.3) is 5.91 Å². The lowest BCUT2D eigenvalue weighted by Crippen LogP contribution is -2.23. The van der Waals surface area contributed by atoms with Gasteiger partial charge in [0, 0.05) is 49.5 Å². The van der Waals surface area contributed by atoms with Crippen molar-refractivity contribution in [3.05, 3.63) is 59.7 Å². The van der Waals surface area contributed by atoms with Crippen molar-refractivity contribution < 1.29 is 9.59 Å². The number of carbonyl (C=O) groups excluding carboxylic acids is 2. The molecule has 5 heteroatoms. The molecular formula is C22H27N3O2. The molecule has 142 valence electrons. The lowest BCUT2D eigenvalue weighted by atomic mass is 10.1. The summed E-state index contributed by atoms with van der Waals surface area (Å²) in [6.07, 6.45) is 1.58. The topological polar surface area (TPSA) is 52.7 Å². The molecule has 1 fully saturated rings. The standard InChI is InChI=1S/C22H27N3O2/c1-3-24(4-2)20-13-11-19(12-14-20)23-22(27)18-9-7-17(8-10-18)16-25-15-5-6-21(25)26/h7-14H,3-6,15-16H2,1-2H3,(H,23,27). The van der Waals surface area contributed by atoms with Gasteiger partial charge < -0.3 is 15.1 Å². The number of carbonyl (C=O) groups is 2. The number of nitrogens with zero attached hydrogens (tertiary/aromatic N) is 2. The first-order chi connectivity index (χ1) is 13.1. The summed E-state index contributed by atoms with van der Waals surface area (Å²) < 4.78 is 0. The molecule has 5 nitrogen and oxygen atoms in total. The molecule has 2 aromatic carbocycles. The van der Waals surface area contributed by atoms with Crippen LogP contribution >= 0.6 is 0 Å². The maximum atomic E-state index is 12.5. The van der Waals surface area contributed by atoms with E-state index in [0.717, 1.165) is 43.0 Å². The van der Waals surface area contributed by atoms with E-state index in [0.29, 0.717) is 18.5 Å². The maximum absolute atomic E-state index is 12.5. The Morgan fingerprint density at radius 1 is 1.04 bits per heavy atom. The molecule has 3 rings (SSSR count). The smallest absolute Gasteiger partial charge is 0.255 e. The van der Waals surface area contributed by atoms with Crippen LogP contribution in [0.3, 0.4) is 0 Å². The van der Waals surface area contributed by atoms with E-state index < -0.39 is 0 Å². The fourth-order valence-electron chi connectivity index (χ4n) is 3.40. The molecule has 27 heavy (non-hydrogen) atoms. The van der Waals surface area contributed by atoms with Crippen molar-refractivity contribution in [3.8, 4) is 0 Å². The second-order valence-corrected chi connectivity index (χ2v) is 6.79. The minimum atomic E-state index is -0.130. The summed E-state index contributed by atoms with van der Waals surface area (Å²) in [6, 6.07) is 15.4. The lowest BCUT2D eigenvalue weighted by Gasteiger charge is -2.21. The first kappa shape index (κ1) is 19.0. The molecular weight excluding hydrogens is 338 g/mol. The fourth-order valence-corrected chi connectivity index (χ4v) is 3.40.